The SMILES string of the molecule is Cc1nc(N)nc(=O)n1[C@@H]1O[C@H](CO)[C@@H](O)[C@H]1O[C@@H]1O[C@H](CO)[C@@H](O)[C@H]1O. The van der Waals surface area contributed by atoms with Gasteiger partial charge in [0.05, 0.1) is 13.2 Å². The minimum atomic E-state index is -1.51. The summed E-state index contributed by atoms with van der Waals surface area (Å²) in [7, 11) is 0. The first kappa shape index (κ1) is 20.0. The van der Waals surface area contributed by atoms with Crippen molar-refractivity contribution in [2.75, 3.05) is 18.9 Å². The van der Waals surface area contributed by atoms with Gasteiger partial charge in [-0.1, -0.05) is 0 Å². The predicted octanol–water partition coefficient (Wildman–Crippen LogP) is -4.40. The van der Waals surface area contributed by atoms with Crippen LogP contribution in [-0.4, -0.2) is 96.2 Å². The summed E-state index contributed by atoms with van der Waals surface area (Å²) in [6.07, 6.45) is -10.4. The Morgan fingerprint density at radius 1 is 1.07 bits per heavy atom. The fraction of sp³-hybridized carbons (Fsp3) is 0.786. The number of nitrogens with zero attached hydrogens (tertiary/aromatic N) is 3. The minimum Gasteiger partial charge on any atom is -0.394 e. The van der Waals surface area contributed by atoms with E-state index in [0.717, 1.165) is 4.57 Å². The van der Waals surface area contributed by atoms with Crippen molar-refractivity contribution in [3.8, 4) is 0 Å². The molecule has 0 aromatic carbocycles. The van der Waals surface area contributed by atoms with Crippen LogP contribution in [0.1, 0.15) is 12.1 Å². The van der Waals surface area contributed by atoms with Gasteiger partial charge in [0, 0.05) is 0 Å². The number of ether oxygens (including phenoxy) is 3. The molecule has 2 fully saturated rings. The van der Waals surface area contributed by atoms with E-state index in [1.165, 1.54) is 6.92 Å². The van der Waals surface area contributed by atoms with E-state index in [1.807, 2.05) is 0 Å². The Balaban J connectivity index is 1.91. The summed E-state index contributed by atoms with van der Waals surface area (Å²) in [5.41, 5.74) is 4.62. The summed E-state index contributed by atoms with van der Waals surface area (Å²) in [6, 6.07) is 0. The van der Waals surface area contributed by atoms with Gasteiger partial charge in [0.1, 0.15) is 42.4 Å². The normalized spacial score (nSPS) is 39.2. The quantitative estimate of drug-likeness (QED) is 0.282. The van der Waals surface area contributed by atoms with Crippen molar-refractivity contribution in [2.24, 2.45) is 0 Å². The zero-order valence-corrected chi connectivity index (χ0v) is 14.3. The predicted molar refractivity (Wildman–Crippen MR) is 85.1 cm³/mol. The zero-order chi connectivity index (χ0) is 19.9. The second kappa shape index (κ2) is 7.73. The highest BCUT2D eigenvalue weighted by Crippen LogP contribution is 2.34. The second-order valence-corrected chi connectivity index (χ2v) is 6.33. The molecule has 0 amide bonds. The van der Waals surface area contributed by atoms with Crippen LogP contribution in [-0.2, 0) is 14.2 Å². The molecule has 0 spiro atoms. The topological polar surface area (TPSA) is 203 Å². The molecular weight excluding hydrogens is 368 g/mol. The molecule has 13 heteroatoms. The molecule has 27 heavy (non-hydrogen) atoms. The van der Waals surface area contributed by atoms with Crippen molar-refractivity contribution in [3.63, 3.8) is 0 Å². The highest BCUT2D eigenvalue weighted by molar-refractivity contribution is 5.13. The fourth-order valence-electron chi connectivity index (χ4n) is 3.18. The Labute approximate surface area is 152 Å². The van der Waals surface area contributed by atoms with Crippen molar-refractivity contribution >= 4 is 5.95 Å². The largest absolute Gasteiger partial charge is 0.394 e. The van der Waals surface area contributed by atoms with Gasteiger partial charge in [-0.25, -0.2) is 4.79 Å². The Bertz CT molecular complexity index is 731. The van der Waals surface area contributed by atoms with Gasteiger partial charge < -0.3 is 45.5 Å². The molecule has 2 aliphatic rings. The highest BCUT2D eigenvalue weighted by atomic mass is 16.7. The van der Waals surface area contributed by atoms with Crippen molar-refractivity contribution in [3.05, 3.63) is 16.3 Å². The number of nitrogens with two attached hydrogens (primary N) is 1. The average Bonchev–Trinajstić information content (AvgIpc) is 3.06. The van der Waals surface area contributed by atoms with Crippen LogP contribution in [0.4, 0.5) is 5.95 Å². The zero-order valence-electron chi connectivity index (χ0n) is 14.3. The van der Waals surface area contributed by atoms with Gasteiger partial charge in [0.25, 0.3) is 0 Å². The maximum Gasteiger partial charge on any atom is 0.354 e. The van der Waals surface area contributed by atoms with Gasteiger partial charge in [0.15, 0.2) is 12.5 Å². The Morgan fingerprint density at radius 2 is 1.70 bits per heavy atom. The summed E-state index contributed by atoms with van der Waals surface area (Å²) in [6.45, 7) is 0.330. The van der Waals surface area contributed by atoms with Gasteiger partial charge in [0.2, 0.25) is 5.95 Å². The summed E-state index contributed by atoms with van der Waals surface area (Å²) >= 11 is 0. The lowest BCUT2D eigenvalue weighted by Gasteiger charge is -2.27. The number of rotatable bonds is 5. The first-order chi connectivity index (χ1) is 12.8. The van der Waals surface area contributed by atoms with Gasteiger partial charge in [-0.2, -0.15) is 9.97 Å². The van der Waals surface area contributed by atoms with Crippen LogP contribution in [0.2, 0.25) is 0 Å². The fourth-order valence-corrected chi connectivity index (χ4v) is 3.18. The van der Waals surface area contributed by atoms with Crippen LogP contribution < -0.4 is 11.4 Å². The van der Waals surface area contributed by atoms with E-state index in [2.05, 4.69) is 9.97 Å². The monoisotopic (exact) mass is 390 g/mol. The highest BCUT2D eigenvalue weighted by Gasteiger charge is 2.51. The summed E-state index contributed by atoms with van der Waals surface area (Å²) in [4.78, 5) is 19.6. The van der Waals surface area contributed by atoms with Gasteiger partial charge in [-0.15, -0.1) is 0 Å². The first-order valence-corrected chi connectivity index (χ1v) is 8.23. The molecule has 1 aromatic heterocycles. The standard InChI is InChI=1S/C14H22N4O9/c1-4-16-13(15)17-14(24)18(4)11-10(8(22)6(3-20)25-11)27-12-9(23)7(21)5(2-19)26-12/h5-12,19-23H,2-3H2,1H3,(H2,15,17,24)/t5-,6-,7-,8-,9-,10-,11-,12+/m1/s1. The lowest BCUT2D eigenvalue weighted by molar-refractivity contribution is -0.220. The van der Waals surface area contributed by atoms with Crippen LogP contribution in [0.3, 0.4) is 0 Å². The smallest absolute Gasteiger partial charge is 0.354 e. The Hall–Kier alpha value is -1.71. The molecule has 7 N–H and O–H groups in total. The van der Waals surface area contributed by atoms with Gasteiger partial charge in [-0.3, -0.25) is 4.57 Å². The molecule has 3 rings (SSSR count). The maximum absolute atomic E-state index is 12.2. The Morgan fingerprint density at radius 3 is 2.26 bits per heavy atom. The molecule has 0 radical (unpaired) electrons. The number of aliphatic hydroxyl groups excluding tert-OH is 5. The van der Waals surface area contributed by atoms with E-state index in [9.17, 15) is 25.2 Å². The van der Waals surface area contributed by atoms with Crippen LogP contribution in [0.15, 0.2) is 4.79 Å². The molecule has 3 heterocycles. The van der Waals surface area contributed by atoms with Crippen LogP contribution in [0.25, 0.3) is 0 Å². The lowest BCUT2D eigenvalue weighted by atomic mass is 10.1. The molecule has 0 unspecified atom stereocenters. The summed E-state index contributed by atoms with van der Waals surface area (Å²) in [5, 5.41) is 48.8. The Kier molecular flexibility index (Phi) is 5.73. The third kappa shape index (κ3) is 3.55. The van der Waals surface area contributed by atoms with Crippen molar-refractivity contribution in [1.82, 2.24) is 14.5 Å². The number of aromatic nitrogens is 3. The molecule has 0 bridgehead atoms. The number of aryl methyl sites for hydroxylation is 1. The molecule has 2 aliphatic heterocycles. The van der Waals surface area contributed by atoms with Crippen LogP contribution in [0.5, 0.6) is 0 Å². The summed E-state index contributed by atoms with van der Waals surface area (Å²) in [5.74, 6) is -0.120. The molecular formula is C14H22N4O9. The van der Waals surface area contributed by atoms with Crippen LogP contribution in [0, 0.1) is 6.92 Å². The van der Waals surface area contributed by atoms with Crippen molar-refractivity contribution in [2.45, 2.75) is 56.1 Å². The number of hydrogen-bond donors (Lipinski definition) is 6. The number of aliphatic hydroxyl groups is 5. The molecule has 0 saturated carbocycles. The second-order valence-electron chi connectivity index (χ2n) is 6.33. The maximum atomic E-state index is 12.2. The molecule has 13 nitrogen and oxygen atoms in total. The van der Waals surface area contributed by atoms with Crippen molar-refractivity contribution in [1.29, 1.82) is 0 Å². The van der Waals surface area contributed by atoms with Crippen LogP contribution >= 0.6 is 0 Å². The first-order valence-electron chi connectivity index (χ1n) is 8.23. The van der Waals surface area contributed by atoms with E-state index < -0.39 is 68.0 Å². The minimum absolute atomic E-state index is 0.123. The summed E-state index contributed by atoms with van der Waals surface area (Å²) < 4.78 is 17.3. The number of anilines is 1. The average molecular weight is 390 g/mol. The van der Waals surface area contributed by atoms with Gasteiger partial charge in [-0.05, 0) is 6.92 Å². The van der Waals surface area contributed by atoms with E-state index in [4.69, 9.17) is 25.1 Å². The third-order valence-corrected chi connectivity index (χ3v) is 4.58. The molecule has 152 valence electrons. The van der Waals surface area contributed by atoms with E-state index in [-0.39, 0.29) is 11.8 Å². The molecule has 0 aliphatic carbocycles. The van der Waals surface area contributed by atoms with E-state index in [1.54, 1.807) is 0 Å². The van der Waals surface area contributed by atoms with Crippen molar-refractivity contribution < 1.29 is 39.7 Å². The van der Waals surface area contributed by atoms with Gasteiger partial charge >= 0.3 is 5.69 Å². The third-order valence-electron chi connectivity index (χ3n) is 4.58. The molecule has 2 saturated heterocycles. The number of hydrogen-bond acceptors (Lipinski definition) is 12. The van der Waals surface area contributed by atoms with E-state index in [0.29, 0.717) is 0 Å². The number of nitrogen functional groups attached to an aromatic ring is 1. The lowest BCUT2D eigenvalue weighted by Crippen LogP contribution is -2.44. The molecule has 1 aromatic rings. The molecule has 8 atom stereocenters. The van der Waals surface area contributed by atoms with E-state index >= 15 is 0 Å².